The number of rotatable bonds is 5. The second-order valence-corrected chi connectivity index (χ2v) is 9.38. The van der Waals surface area contributed by atoms with Gasteiger partial charge in [-0.3, -0.25) is 4.79 Å². The third-order valence-electron chi connectivity index (χ3n) is 5.40. The van der Waals surface area contributed by atoms with E-state index in [0.717, 1.165) is 37.6 Å². The van der Waals surface area contributed by atoms with E-state index in [9.17, 15) is 9.18 Å². The summed E-state index contributed by atoms with van der Waals surface area (Å²) in [6.45, 7) is 2.02. The van der Waals surface area contributed by atoms with E-state index in [2.05, 4.69) is 11.1 Å². The molecule has 0 bridgehead atoms. The van der Waals surface area contributed by atoms with Crippen LogP contribution in [0, 0.1) is 12.7 Å². The molecule has 5 rings (SSSR count). The molecule has 3 heterocycles. The minimum absolute atomic E-state index is 0.0597. The van der Waals surface area contributed by atoms with Crippen molar-refractivity contribution >= 4 is 45.6 Å². The van der Waals surface area contributed by atoms with Gasteiger partial charge < -0.3 is 4.98 Å². The number of hydrogen-bond donors (Lipinski definition) is 1. The highest BCUT2D eigenvalue weighted by atomic mass is 32.2. The van der Waals surface area contributed by atoms with E-state index in [4.69, 9.17) is 5.10 Å². The Balaban J connectivity index is 1.41. The first-order valence-electron chi connectivity index (χ1n) is 9.99. The van der Waals surface area contributed by atoms with Crippen LogP contribution in [0.1, 0.15) is 28.6 Å². The zero-order valence-corrected chi connectivity index (χ0v) is 18.5. The van der Waals surface area contributed by atoms with Crippen LogP contribution in [0.25, 0.3) is 10.9 Å². The number of carbonyl (C=O) groups excluding carboxylic acids is 1. The van der Waals surface area contributed by atoms with Crippen molar-refractivity contribution in [1.82, 2.24) is 9.99 Å². The fourth-order valence-electron chi connectivity index (χ4n) is 3.91. The molecule has 1 aliphatic rings. The van der Waals surface area contributed by atoms with Crippen LogP contribution in [0.2, 0.25) is 0 Å². The number of aryl methyl sites for hydroxylation is 1. The number of H-pyrrole nitrogens is 1. The lowest BCUT2D eigenvalue weighted by molar-refractivity contribution is -0.130. The Labute approximate surface area is 187 Å². The van der Waals surface area contributed by atoms with Gasteiger partial charge in [0.1, 0.15) is 5.82 Å². The van der Waals surface area contributed by atoms with Crippen LogP contribution in [-0.4, -0.2) is 27.4 Å². The van der Waals surface area contributed by atoms with Crippen molar-refractivity contribution in [2.24, 2.45) is 5.10 Å². The summed E-state index contributed by atoms with van der Waals surface area (Å²) in [5.41, 5.74) is 3.90. The first-order valence-corrected chi connectivity index (χ1v) is 11.9. The highest BCUT2D eigenvalue weighted by Crippen LogP contribution is 2.36. The summed E-state index contributed by atoms with van der Waals surface area (Å²) in [6.07, 6.45) is 0.620. The van der Waals surface area contributed by atoms with Crippen molar-refractivity contribution in [3.05, 3.63) is 88.0 Å². The van der Waals surface area contributed by atoms with E-state index < -0.39 is 0 Å². The molecule has 1 atom stereocenters. The zero-order chi connectivity index (χ0) is 21.4. The van der Waals surface area contributed by atoms with E-state index >= 15 is 0 Å². The van der Waals surface area contributed by atoms with Crippen LogP contribution in [0.5, 0.6) is 0 Å². The molecule has 2 aromatic carbocycles. The van der Waals surface area contributed by atoms with Crippen LogP contribution in [0.3, 0.4) is 0 Å². The molecule has 0 saturated heterocycles. The van der Waals surface area contributed by atoms with Gasteiger partial charge in [-0.1, -0.05) is 36.4 Å². The molecule has 7 heteroatoms. The smallest absolute Gasteiger partial charge is 0.253 e. The summed E-state index contributed by atoms with van der Waals surface area (Å²) in [5.74, 6) is -0.0679. The van der Waals surface area contributed by atoms with Crippen molar-refractivity contribution in [2.45, 2.75) is 24.3 Å². The van der Waals surface area contributed by atoms with Gasteiger partial charge >= 0.3 is 0 Å². The van der Waals surface area contributed by atoms with Gasteiger partial charge in [0.2, 0.25) is 0 Å². The van der Waals surface area contributed by atoms with Crippen LogP contribution in [-0.2, 0) is 4.79 Å². The summed E-state index contributed by atoms with van der Waals surface area (Å²) in [4.78, 5) is 18.8. The number of halogens is 1. The number of aromatic nitrogens is 1. The number of benzene rings is 2. The van der Waals surface area contributed by atoms with Gasteiger partial charge in [0, 0.05) is 27.9 Å². The average molecular weight is 450 g/mol. The predicted molar refractivity (Wildman–Crippen MR) is 125 cm³/mol. The first kappa shape index (κ1) is 20.0. The Morgan fingerprint density at radius 2 is 2.00 bits per heavy atom. The predicted octanol–water partition coefficient (Wildman–Crippen LogP) is 6.15. The number of thioether (sulfide) groups is 1. The average Bonchev–Trinajstić information content (AvgIpc) is 3.51. The highest BCUT2D eigenvalue weighted by molar-refractivity contribution is 8.00. The second kappa shape index (κ2) is 8.32. The molecule has 1 amide bonds. The number of nitrogens with zero attached hydrogens (tertiary/aromatic N) is 2. The number of carbonyl (C=O) groups is 1. The lowest BCUT2D eigenvalue weighted by Crippen LogP contribution is -2.28. The van der Waals surface area contributed by atoms with E-state index in [1.54, 1.807) is 28.5 Å². The Kier molecular flexibility index (Phi) is 5.38. The van der Waals surface area contributed by atoms with Crippen LogP contribution in [0.15, 0.2) is 76.0 Å². The molecule has 0 saturated carbocycles. The maximum Gasteiger partial charge on any atom is 0.253 e. The van der Waals surface area contributed by atoms with Gasteiger partial charge in [-0.25, -0.2) is 9.40 Å². The molecule has 4 nitrogen and oxygen atoms in total. The van der Waals surface area contributed by atoms with Gasteiger partial charge in [0.05, 0.1) is 22.4 Å². The van der Waals surface area contributed by atoms with E-state index in [1.807, 2.05) is 42.6 Å². The van der Waals surface area contributed by atoms with Crippen molar-refractivity contribution in [1.29, 1.82) is 0 Å². The van der Waals surface area contributed by atoms with Gasteiger partial charge in [-0.2, -0.15) is 5.10 Å². The first-order chi connectivity index (χ1) is 15.1. The molecular weight excluding hydrogens is 429 g/mol. The maximum atomic E-state index is 13.5. The third-order valence-corrected chi connectivity index (χ3v) is 7.53. The fraction of sp³-hybridized carbons (Fsp3) is 0.167. The normalized spacial score (nSPS) is 16.1. The van der Waals surface area contributed by atoms with E-state index in [0.29, 0.717) is 6.42 Å². The lowest BCUT2D eigenvalue weighted by Gasteiger charge is -2.22. The van der Waals surface area contributed by atoms with Gasteiger partial charge in [-0.15, -0.1) is 23.1 Å². The molecule has 1 aliphatic heterocycles. The quantitative estimate of drug-likeness (QED) is 0.372. The van der Waals surface area contributed by atoms with Crippen LogP contribution in [0.4, 0.5) is 4.39 Å². The maximum absolute atomic E-state index is 13.5. The van der Waals surface area contributed by atoms with Crippen LogP contribution < -0.4 is 0 Å². The minimum atomic E-state index is -0.288. The second-order valence-electron chi connectivity index (χ2n) is 7.45. The summed E-state index contributed by atoms with van der Waals surface area (Å²) < 4.78 is 13.5. The summed E-state index contributed by atoms with van der Waals surface area (Å²) >= 11 is 3.14. The van der Waals surface area contributed by atoms with Crippen molar-refractivity contribution in [3.63, 3.8) is 0 Å². The molecule has 0 radical (unpaired) electrons. The molecule has 0 fully saturated rings. The molecule has 2 aromatic heterocycles. The molecule has 0 aliphatic carbocycles. The highest BCUT2D eigenvalue weighted by Gasteiger charge is 2.33. The Hall–Kier alpha value is -2.90. The number of aromatic amines is 1. The Morgan fingerprint density at radius 1 is 1.19 bits per heavy atom. The Morgan fingerprint density at radius 3 is 2.77 bits per heavy atom. The molecule has 0 spiro atoms. The molecule has 4 aromatic rings. The topological polar surface area (TPSA) is 48.5 Å². The summed E-state index contributed by atoms with van der Waals surface area (Å²) in [7, 11) is 0. The number of fused-ring (bicyclic) bond motifs is 1. The number of para-hydroxylation sites is 1. The molecule has 31 heavy (non-hydrogen) atoms. The van der Waals surface area contributed by atoms with Gasteiger partial charge in [0.25, 0.3) is 5.91 Å². The number of hydrazone groups is 1. The fourth-order valence-corrected chi connectivity index (χ4v) is 5.64. The largest absolute Gasteiger partial charge is 0.358 e. The minimum Gasteiger partial charge on any atom is -0.358 e. The summed E-state index contributed by atoms with van der Waals surface area (Å²) in [5, 5.41) is 9.40. The lowest BCUT2D eigenvalue weighted by atomic mass is 10.0. The summed E-state index contributed by atoms with van der Waals surface area (Å²) in [6, 6.07) is 18.2. The third kappa shape index (κ3) is 3.91. The molecule has 1 N–H and O–H groups in total. The van der Waals surface area contributed by atoms with Crippen molar-refractivity contribution < 1.29 is 9.18 Å². The monoisotopic (exact) mass is 449 g/mol. The molecule has 0 unspecified atom stereocenters. The van der Waals surface area contributed by atoms with E-state index in [-0.39, 0.29) is 23.5 Å². The number of amides is 1. The molecular formula is C24H20FN3OS2. The number of nitrogens with one attached hydrogen (secondary N) is 1. The number of thiophene rings is 1. The zero-order valence-electron chi connectivity index (χ0n) is 16.8. The van der Waals surface area contributed by atoms with Crippen LogP contribution >= 0.6 is 23.1 Å². The Bertz CT molecular complexity index is 1260. The molecule has 156 valence electrons. The van der Waals surface area contributed by atoms with Gasteiger partial charge in [0.15, 0.2) is 0 Å². The number of hydrogen-bond acceptors (Lipinski definition) is 4. The van der Waals surface area contributed by atoms with Crippen molar-refractivity contribution in [2.75, 3.05) is 5.75 Å². The van der Waals surface area contributed by atoms with Crippen molar-refractivity contribution in [3.8, 4) is 0 Å². The standard InChI is InChI=1S/C24H20FN3OS2/c1-15-24(18-5-2-3-6-19(18)26-15)31-14-23(29)28-21(16-8-10-17(25)11-9-16)13-20(27-28)22-7-4-12-30-22/h2-12,21,26H,13-14H2,1H3/t21-/m1/s1. The van der Waals surface area contributed by atoms with E-state index in [1.165, 1.54) is 23.9 Å². The van der Waals surface area contributed by atoms with Gasteiger partial charge in [-0.05, 0) is 42.1 Å². The SMILES string of the molecule is Cc1[nH]c2ccccc2c1SCC(=O)N1N=C(c2cccs2)C[C@@H]1c1ccc(F)cc1.